The van der Waals surface area contributed by atoms with Crippen LogP contribution in [0.15, 0.2) is 0 Å². The Bertz CT molecular complexity index is 387. The lowest BCUT2D eigenvalue weighted by atomic mass is 9.86. The molecule has 2 bridgehead atoms. The van der Waals surface area contributed by atoms with E-state index in [-0.39, 0.29) is 0 Å². The molecular weight excluding hydrogens is 434 g/mol. The maximum Gasteiger partial charge on any atom is 0.339 e. The van der Waals surface area contributed by atoms with Crippen molar-refractivity contribution < 1.29 is 43.9 Å². The van der Waals surface area contributed by atoms with Crippen LogP contribution < -0.4 is 0 Å². The Morgan fingerprint density at radius 3 is 0.632 bits per heavy atom. The van der Waals surface area contributed by atoms with Crippen LogP contribution in [0.3, 0.4) is 0 Å². The molecule has 0 aromatic heterocycles. The number of hydrogen-bond donors (Lipinski definition) is 0. The summed E-state index contributed by atoms with van der Waals surface area (Å²) in [5.41, 5.74) is 0. The molecule has 2 saturated carbocycles. The van der Waals surface area contributed by atoms with Crippen molar-refractivity contribution in [2.45, 2.75) is 38.3 Å². The van der Waals surface area contributed by atoms with Crippen molar-refractivity contribution in [2.24, 2.45) is 0 Å². The van der Waals surface area contributed by atoms with Crippen molar-refractivity contribution in [1.82, 2.24) is 0 Å². The highest BCUT2D eigenvalue weighted by Gasteiger charge is 3.14. The van der Waals surface area contributed by atoms with Gasteiger partial charge in [-0.25, -0.2) is 8.78 Å². The minimum Gasteiger partial charge on any atom is -0.203 e. The molecule has 0 atom stereocenters. The maximum absolute atomic E-state index is 13.5. The summed E-state index contributed by atoms with van der Waals surface area (Å²) in [5.74, 6) is -30.3. The van der Waals surface area contributed by atoms with E-state index in [9.17, 15) is 43.9 Å². The topological polar surface area (TPSA) is 0 Å². The first-order valence-electron chi connectivity index (χ1n) is 4.27. The molecule has 2 rings (SSSR count). The van der Waals surface area contributed by atoms with E-state index in [4.69, 9.17) is 0 Å². The van der Waals surface area contributed by atoms with Crippen LogP contribution in [-0.4, -0.2) is 38.3 Å². The number of halogens is 12. The van der Waals surface area contributed by atoms with E-state index in [1.54, 1.807) is 0 Å². The summed E-state index contributed by atoms with van der Waals surface area (Å²) in [6.45, 7) is 0. The van der Waals surface area contributed by atoms with Crippen LogP contribution >= 0.6 is 31.9 Å². The third kappa shape index (κ3) is 0.925. The molecular formula is C7Br2F10. The summed E-state index contributed by atoms with van der Waals surface area (Å²) in [4.78, 5) is 0. The molecule has 0 aromatic rings. The molecule has 0 saturated heterocycles. The molecule has 2 aliphatic carbocycles. The van der Waals surface area contributed by atoms with Crippen molar-refractivity contribution in [1.29, 1.82) is 0 Å². The Hall–Kier alpha value is 0.260. The predicted molar refractivity (Wildman–Crippen MR) is 48.1 cm³/mol. The molecule has 0 aliphatic heterocycles. The van der Waals surface area contributed by atoms with Gasteiger partial charge in [0.2, 0.25) is 8.65 Å². The van der Waals surface area contributed by atoms with Gasteiger partial charge in [-0.05, 0) is 0 Å². The minimum absolute atomic E-state index is 1.10. The second kappa shape index (κ2) is 3.05. The second-order valence-corrected chi connectivity index (χ2v) is 6.57. The van der Waals surface area contributed by atoms with Crippen LogP contribution in [0.1, 0.15) is 0 Å². The molecule has 0 aromatic carbocycles. The van der Waals surface area contributed by atoms with Gasteiger partial charge < -0.3 is 0 Å². The molecule has 0 unspecified atom stereocenters. The number of fused-ring (bicyclic) bond motifs is 2. The van der Waals surface area contributed by atoms with Gasteiger partial charge >= 0.3 is 29.6 Å². The van der Waals surface area contributed by atoms with E-state index in [0.29, 0.717) is 0 Å². The molecule has 0 nitrogen and oxygen atoms in total. The molecule has 2 fully saturated rings. The summed E-state index contributed by atoms with van der Waals surface area (Å²) in [7, 11) is 0. The molecule has 0 N–H and O–H groups in total. The Kier molecular flexibility index (Phi) is 2.51. The highest BCUT2D eigenvalue weighted by molar-refractivity contribution is 9.11. The molecule has 0 heterocycles. The quantitative estimate of drug-likeness (QED) is 0.391. The molecule has 0 amide bonds. The highest BCUT2D eigenvalue weighted by Crippen LogP contribution is 2.85. The molecule has 0 spiro atoms. The molecule has 12 heteroatoms. The van der Waals surface area contributed by atoms with Crippen LogP contribution in [0.2, 0.25) is 0 Å². The Morgan fingerprint density at radius 1 is 0.368 bits per heavy atom. The molecule has 2 aliphatic rings. The standard InChI is InChI=1S/C7Br2F10/c8-1-3(10,11)2(9,6(16,17)4(1,12)13)7(18,19)5(1,14)15. The number of rotatable bonds is 0. The van der Waals surface area contributed by atoms with Gasteiger partial charge in [-0.3, -0.25) is 0 Å². The van der Waals surface area contributed by atoms with Gasteiger partial charge in [0.15, 0.2) is 0 Å². The van der Waals surface area contributed by atoms with Crippen LogP contribution in [0.5, 0.6) is 0 Å². The van der Waals surface area contributed by atoms with Gasteiger partial charge in [-0.1, -0.05) is 31.9 Å². The Morgan fingerprint density at radius 2 is 0.526 bits per heavy atom. The SMILES string of the molecule is FC1(F)C(F)(F)C2(Br)C(F)(F)C(F)(F)C1(Br)C2(F)F. The summed E-state index contributed by atoms with van der Waals surface area (Å²) < 4.78 is 122. The van der Waals surface area contributed by atoms with E-state index in [2.05, 4.69) is 0 Å². The van der Waals surface area contributed by atoms with Crippen LogP contribution in [-0.2, 0) is 0 Å². The lowest BCUT2D eigenvalue weighted by Crippen LogP contribution is -2.73. The van der Waals surface area contributed by atoms with Gasteiger partial charge in [0, 0.05) is 0 Å². The van der Waals surface area contributed by atoms with Gasteiger partial charge in [0.25, 0.3) is 0 Å². The molecule has 19 heavy (non-hydrogen) atoms. The van der Waals surface area contributed by atoms with Gasteiger partial charge in [-0.2, -0.15) is 35.1 Å². The average Bonchev–Trinajstić information content (AvgIpc) is 2.32. The van der Waals surface area contributed by atoms with E-state index in [0.717, 1.165) is 31.9 Å². The van der Waals surface area contributed by atoms with Crippen molar-refractivity contribution in [2.75, 3.05) is 0 Å². The Labute approximate surface area is 114 Å². The molecule has 112 valence electrons. The van der Waals surface area contributed by atoms with Crippen LogP contribution in [0.4, 0.5) is 43.9 Å². The van der Waals surface area contributed by atoms with E-state index < -0.39 is 38.3 Å². The third-order valence-electron chi connectivity index (χ3n) is 3.38. The Balaban J connectivity index is 2.99. The van der Waals surface area contributed by atoms with E-state index >= 15 is 0 Å². The zero-order valence-electron chi connectivity index (χ0n) is 8.04. The van der Waals surface area contributed by atoms with Crippen molar-refractivity contribution in [3.05, 3.63) is 0 Å². The first-order chi connectivity index (χ1) is 8.00. The van der Waals surface area contributed by atoms with Crippen molar-refractivity contribution >= 4 is 31.9 Å². The fraction of sp³-hybridized carbons (Fsp3) is 1.00. The largest absolute Gasteiger partial charge is 0.339 e. The smallest absolute Gasteiger partial charge is 0.203 e. The van der Waals surface area contributed by atoms with E-state index in [1.165, 1.54) is 0 Å². The molecule has 0 radical (unpaired) electrons. The fourth-order valence-corrected chi connectivity index (χ4v) is 4.14. The predicted octanol–water partition coefficient (Wildman–Crippen LogP) is 4.46. The fourth-order valence-electron chi connectivity index (χ4n) is 2.29. The number of alkyl halides is 12. The average molecular weight is 434 g/mol. The van der Waals surface area contributed by atoms with Crippen molar-refractivity contribution in [3.8, 4) is 0 Å². The second-order valence-electron chi connectivity index (χ2n) is 4.19. The van der Waals surface area contributed by atoms with Gasteiger partial charge in [0.1, 0.15) is 0 Å². The summed E-state index contributed by atoms with van der Waals surface area (Å²) in [6.07, 6.45) is 0. The minimum atomic E-state index is -6.11. The summed E-state index contributed by atoms with van der Waals surface area (Å²) in [6, 6.07) is 0. The first-order valence-corrected chi connectivity index (χ1v) is 5.85. The van der Waals surface area contributed by atoms with Crippen LogP contribution in [0.25, 0.3) is 0 Å². The highest BCUT2D eigenvalue weighted by atomic mass is 79.9. The lowest BCUT2D eigenvalue weighted by Gasteiger charge is -2.44. The van der Waals surface area contributed by atoms with Crippen molar-refractivity contribution in [3.63, 3.8) is 0 Å². The zero-order chi connectivity index (χ0) is 15.5. The normalized spacial score (nSPS) is 47.4. The van der Waals surface area contributed by atoms with E-state index in [1.807, 2.05) is 0 Å². The lowest BCUT2D eigenvalue weighted by molar-refractivity contribution is -0.332. The van der Waals surface area contributed by atoms with Gasteiger partial charge in [0.05, 0.1) is 0 Å². The van der Waals surface area contributed by atoms with Gasteiger partial charge in [-0.15, -0.1) is 0 Å². The van der Waals surface area contributed by atoms with Crippen LogP contribution in [0, 0.1) is 0 Å². The first kappa shape index (κ1) is 15.6. The monoisotopic (exact) mass is 432 g/mol. The summed E-state index contributed by atoms with van der Waals surface area (Å²) >= 11 is 2.19. The number of hydrogen-bond acceptors (Lipinski definition) is 0. The third-order valence-corrected chi connectivity index (χ3v) is 6.37. The zero-order valence-corrected chi connectivity index (χ0v) is 11.2. The summed E-state index contributed by atoms with van der Waals surface area (Å²) in [5, 5.41) is 0. The maximum atomic E-state index is 13.5.